The zero-order valence-corrected chi connectivity index (χ0v) is 14.7. The van der Waals surface area contributed by atoms with E-state index in [9.17, 15) is 0 Å². The van der Waals surface area contributed by atoms with Crippen molar-refractivity contribution in [2.75, 3.05) is 26.7 Å². The highest BCUT2D eigenvalue weighted by Crippen LogP contribution is 2.29. The molecule has 0 amide bonds. The predicted octanol–water partition coefficient (Wildman–Crippen LogP) is 4.30. The van der Waals surface area contributed by atoms with Gasteiger partial charge in [-0.1, -0.05) is 47.0 Å². The van der Waals surface area contributed by atoms with Crippen molar-refractivity contribution in [3.63, 3.8) is 0 Å². The predicted molar refractivity (Wildman–Crippen MR) is 90.2 cm³/mol. The van der Waals surface area contributed by atoms with E-state index in [1.54, 1.807) is 0 Å². The Kier molecular flexibility index (Phi) is 8.13. The molecule has 20 heavy (non-hydrogen) atoms. The summed E-state index contributed by atoms with van der Waals surface area (Å²) >= 11 is 0. The molecule has 0 heterocycles. The van der Waals surface area contributed by atoms with Gasteiger partial charge in [0.2, 0.25) is 0 Å². The minimum Gasteiger partial charge on any atom is -0.314 e. The summed E-state index contributed by atoms with van der Waals surface area (Å²) in [6, 6.07) is 0.594. The lowest BCUT2D eigenvalue weighted by Gasteiger charge is -2.38. The van der Waals surface area contributed by atoms with E-state index in [4.69, 9.17) is 0 Å². The van der Waals surface area contributed by atoms with Gasteiger partial charge in [0.1, 0.15) is 0 Å². The van der Waals surface area contributed by atoms with Crippen molar-refractivity contribution in [1.29, 1.82) is 0 Å². The normalized spacial score (nSPS) is 18.1. The molecule has 2 nitrogen and oxygen atoms in total. The lowest BCUT2D eigenvalue weighted by Crippen LogP contribution is -2.45. The van der Waals surface area contributed by atoms with Crippen LogP contribution in [0.1, 0.15) is 72.6 Å². The summed E-state index contributed by atoms with van der Waals surface area (Å²) in [4.78, 5) is 2.62. The van der Waals surface area contributed by atoms with Gasteiger partial charge < -0.3 is 10.2 Å². The number of nitrogens with zero attached hydrogens (tertiary/aromatic N) is 1. The molecule has 1 rings (SSSR count). The van der Waals surface area contributed by atoms with E-state index in [1.807, 2.05) is 0 Å². The third kappa shape index (κ3) is 6.13. The second-order valence-corrected chi connectivity index (χ2v) is 7.44. The first-order valence-electron chi connectivity index (χ1n) is 8.93. The van der Waals surface area contributed by atoms with E-state index < -0.39 is 0 Å². The summed E-state index contributed by atoms with van der Waals surface area (Å²) in [7, 11) is 2.34. The van der Waals surface area contributed by atoms with Crippen LogP contribution in [0.4, 0.5) is 0 Å². The molecule has 0 radical (unpaired) electrons. The van der Waals surface area contributed by atoms with Gasteiger partial charge in [-0.3, -0.25) is 0 Å². The SMILES string of the molecule is CCC(CC)(CNC(C)C)CN(C)CC1CCCCC1. The Hall–Kier alpha value is -0.0800. The average Bonchev–Trinajstić information content (AvgIpc) is 2.44. The first-order valence-corrected chi connectivity index (χ1v) is 8.93. The maximum absolute atomic E-state index is 3.67. The largest absolute Gasteiger partial charge is 0.314 e. The summed E-state index contributed by atoms with van der Waals surface area (Å²) in [6.45, 7) is 12.9. The van der Waals surface area contributed by atoms with Crippen LogP contribution in [0.25, 0.3) is 0 Å². The molecule has 0 atom stereocenters. The highest BCUT2D eigenvalue weighted by atomic mass is 15.1. The smallest absolute Gasteiger partial charge is 0.00470 e. The molecule has 0 saturated heterocycles. The fraction of sp³-hybridized carbons (Fsp3) is 1.00. The zero-order valence-electron chi connectivity index (χ0n) is 14.7. The topological polar surface area (TPSA) is 15.3 Å². The number of hydrogen-bond donors (Lipinski definition) is 1. The minimum absolute atomic E-state index is 0.452. The van der Waals surface area contributed by atoms with Crippen LogP contribution < -0.4 is 5.32 Å². The first kappa shape index (κ1) is 18.0. The van der Waals surface area contributed by atoms with Crippen molar-refractivity contribution >= 4 is 0 Å². The second-order valence-electron chi connectivity index (χ2n) is 7.44. The molecule has 1 fully saturated rings. The summed E-state index contributed by atoms with van der Waals surface area (Å²) in [5.41, 5.74) is 0.452. The maximum atomic E-state index is 3.67. The standard InChI is InChI=1S/C18H38N2/c1-6-18(7-2,14-19-16(3)4)15-20(5)13-17-11-9-8-10-12-17/h16-17,19H,6-15H2,1-5H3. The van der Waals surface area contributed by atoms with Gasteiger partial charge in [-0.2, -0.15) is 0 Å². The van der Waals surface area contributed by atoms with Crippen molar-refractivity contribution in [3.05, 3.63) is 0 Å². The van der Waals surface area contributed by atoms with Crippen LogP contribution in [-0.4, -0.2) is 37.6 Å². The van der Waals surface area contributed by atoms with Gasteiger partial charge in [0.25, 0.3) is 0 Å². The van der Waals surface area contributed by atoms with Gasteiger partial charge in [-0.25, -0.2) is 0 Å². The fourth-order valence-corrected chi connectivity index (χ4v) is 3.65. The van der Waals surface area contributed by atoms with Gasteiger partial charge in [0.15, 0.2) is 0 Å². The average molecular weight is 283 g/mol. The molecule has 0 bridgehead atoms. The van der Waals surface area contributed by atoms with Crippen LogP contribution in [-0.2, 0) is 0 Å². The van der Waals surface area contributed by atoms with E-state index in [1.165, 1.54) is 58.0 Å². The van der Waals surface area contributed by atoms with Crippen molar-refractivity contribution in [2.24, 2.45) is 11.3 Å². The van der Waals surface area contributed by atoms with Gasteiger partial charge in [-0.05, 0) is 44.1 Å². The van der Waals surface area contributed by atoms with Crippen molar-refractivity contribution in [2.45, 2.75) is 78.7 Å². The van der Waals surface area contributed by atoms with E-state index in [2.05, 4.69) is 45.0 Å². The van der Waals surface area contributed by atoms with Crippen LogP contribution in [0.3, 0.4) is 0 Å². The summed E-state index contributed by atoms with van der Waals surface area (Å²) in [5, 5.41) is 3.67. The minimum atomic E-state index is 0.452. The fourth-order valence-electron chi connectivity index (χ4n) is 3.65. The van der Waals surface area contributed by atoms with Crippen LogP contribution >= 0.6 is 0 Å². The lowest BCUT2D eigenvalue weighted by atomic mass is 9.81. The third-order valence-electron chi connectivity index (χ3n) is 5.29. The Bertz CT molecular complexity index is 240. The number of nitrogens with one attached hydrogen (secondary N) is 1. The molecule has 0 aromatic heterocycles. The number of hydrogen-bond acceptors (Lipinski definition) is 2. The highest BCUT2D eigenvalue weighted by molar-refractivity contribution is 4.83. The van der Waals surface area contributed by atoms with E-state index in [0.29, 0.717) is 11.5 Å². The molecule has 0 aliphatic heterocycles. The maximum Gasteiger partial charge on any atom is 0.00470 e. The van der Waals surface area contributed by atoms with E-state index >= 15 is 0 Å². The Labute approximate surface area is 127 Å². The van der Waals surface area contributed by atoms with Crippen LogP contribution in [0.15, 0.2) is 0 Å². The van der Waals surface area contributed by atoms with Gasteiger partial charge >= 0.3 is 0 Å². The Balaban J connectivity index is 2.45. The zero-order chi connectivity index (χ0) is 15.0. The van der Waals surface area contributed by atoms with Gasteiger partial charge in [0.05, 0.1) is 0 Å². The number of rotatable bonds is 9. The third-order valence-corrected chi connectivity index (χ3v) is 5.29. The molecule has 0 aromatic carbocycles. The molecular weight excluding hydrogens is 244 g/mol. The molecule has 1 aliphatic carbocycles. The molecule has 120 valence electrons. The highest BCUT2D eigenvalue weighted by Gasteiger charge is 2.28. The lowest BCUT2D eigenvalue weighted by molar-refractivity contribution is 0.130. The van der Waals surface area contributed by atoms with Gasteiger partial charge in [-0.15, -0.1) is 0 Å². The molecule has 1 aliphatic rings. The Morgan fingerprint density at radius 3 is 2.20 bits per heavy atom. The molecule has 1 saturated carbocycles. The molecule has 2 heteroatoms. The molecule has 1 N–H and O–H groups in total. The molecule has 0 spiro atoms. The van der Waals surface area contributed by atoms with Crippen molar-refractivity contribution < 1.29 is 0 Å². The quantitative estimate of drug-likeness (QED) is 0.678. The van der Waals surface area contributed by atoms with E-state index in [-0.39, 0.29) is 0 Å². The second kappa shape index (κ2) is 9.04. The van der Waals surface area contributed by atoms with Gasteiger partial charge in [0, 0.05) is 25.7 Å². The van der Waals surface area contributed by atoms with E-state index in [0.717, 1.165) is 12.5 Å². The van der Waals surface area contributed by atoms with Crippen LogP contribution in [0, 0.1) is 11.3 Å². The summed E-state index contributed by atoms with van der Waals surface area (Å²) in [5.74, 6) is 0.957. The molecule has 0 unspecified atom stereocenters. The molecule has 0 aromatic rings. The summed E-state index contributed by atoms with van der Waals surface area (Å²) < 4.78 is 0. The van der Waals surface area contributed by atoms with Crippen LogP contribution in [0.5, 0.6) is 0 Å². The summed E-state index contributed by atoms with van der Waals surface area (Å²) in [6.07, 6.45) is 9.85. The van der Waals surface area contributed by atoms with Crippen LogP contribution in [0.2, 0.25) is 0 Å². The van der Waals surface area contributed by atoms with Crippen molar-refractivity contribution in [1.82, 2.24) is 10.2 Å². The Morgan fingerprint density at radius 1 is 1.10 bits per heavy atom. The van der Waals surface area contributed by atoms with Crippen molar-refractivity contribution in [3.8, 4) is 0 Å². The molecular formula is C18H38N2. The Morgan fingerprint density at radius 2 is 1.70 bits per heavy atom. The first-order chi connectivity index (χ1) is 9.51. The monoisotopic (exact) mass is 282 g/mol.